The monoisotopic (exact) mass is 625 g/mol. The van der Waals surface area contributed by atoms with Gasteiger partial charge in [0.05, 0.1) is 6.20 Å². The number of carbonyl (C=O) groups is 2. The molecule has 1 saturated carbocycles. The molecule has 1 saturated heterocycles. The fourth-order valence-corrected chi connectivity index (χ4v) is 5.96. The molecule has 1 aromatic heterocycles. The quantitative estimate of drug-likeness (QED) is 0.265. The molecule has 1 N–H and O–H groups in total. The lowest BCUT2D eigenvalue weighted by Gasteiger charge is -2.42. The van der Waals surface area contributed by atoms with Crippen LogP contribution in [0.4, 0.5) is 38.3 Å². The third-order valence-electron chi connectivity index (χ3n) is 7.61. The number of hydrogen-bond acceptors (Lipinski definition) is 5. The Morgan fingerprint density at radius 1 is 1.10 bits per heavy atom. The fraction of sp³-hybridized carbons (Fsp3) is 0.462. The van der Waals surface area contributed by atoms with E-state index in [4.69, 9.17) is 0 Å². The van der Waals surface area contributed by atoms with Gasteiger partial charge in [-0.25, -0.2) is 13.2 Å². The second kappa shape index (κ2) is 9.99. The summed E-state index contributed by atoms with van der Waals surface area (Å²) in [6.07, 6.45) is 2.84. The van der Waals surface area contributed by atoms with Gasteiger partial charge >= 0.3 is 10.2 Å². The number of rotatable bonds is 7. The molecule has 2 aromatic rings. The van der Waals surface area contributed by atoms with E-state index < -0.39 is 74.8 Å². The van der Waals surface area contributed by atoms with E-state index in [-0.39, 0.29) is 43.5 Å². The summed E-state index contributed by atoms with van der Waals surface area (Å²) < 4.78 is 109. The largest absolute Gasteiger partial charge is 0.351 e. The number of amides is 2. The average molecular weight is 626 g/mol. The van der Waals surface area contributed by atoms with Crippen LogP contribution in [0, 0.1) is 17.3 Å². The molecule has 1 aliphatic carbocycles. The van der Waals surface area contributed by atoms with Gasteiger partial charge < -0.3 is 5.32 Å². The molecule has 2 atom stereocenters. The van der Waals surface area contributed by atoms with Crippen LogP contribution in [0.3, 0.4) is 0 Å². The van der Waals surface area contributed by atoms with Crippen molar-refractivity contribution in [1.82, 2.24) is 15.2 Å². The number of aromatic nitrogens is 1. The molecule has 2 aliphatic rings. The van der Waals surface area contributed by atoms with Crippen LogP contribution in [0.2, 0.25) is 0 Å². The third-order valence-corrected chi connectivity index (χ3v) is 8.78. The summed E-state index contributed by atoms with van der Waals surface area (Å²) in [5.74, 6) is -5.82. The molecule has 2 amide bonds. The number of anilines is 1. The van der Waals surface area contributed by atoms with Gasteiger partial charge in [-0.2, -0.15) is 5.26 Å². The van der Waals surface area contributed by atoms with Gasteiger partial charge in [0, 0.05) is 42.9 Å². The molecule has 0 bridgehead atoms. The first-order chi connectivity index (χ1) is 19.2. The highest BCUT2D eigenvalue weighted by Crippen LogP contribution is 3.02. The maximum Gasteiger partial charge on any atom is 0.310 e. The number of hydrogen-bond donors (Lipinski definition) is 1. The number of halogens is 8. The van der Waals surface area contributed by atoms with Crippen molar-refractivity contribution in [2.45, 2.75) is 73.9 Å². The maximum atomic E-state index is 14.3. The minimum absolute atomic E-state index is 0.0677. The Balaban J connectivity index is 1.85. The van der Waals surface area contributed by atoms with E-state index in [9.17, 15) is 47.5 Å². The lowest BCUT2D eigenvalue weighted by Crippen LogP contribution is -2.57. The molecular weight excluding hydrogens is 598 g/mol. The molecule has 42 heavy (non-hydrogen) atoms. The predicted molar refractivity (Wildman–Crippen MR) is 138 cm³/mol. The van der Waals surface area contributed by atoms with Crippen molar-refractivity contribution in [3.05, 3.63) is 54.1 Å². The Labute approximate surface area is 236 Å². The van der Waals surface area contributed by atoms with E-state index in [1.807, 2.05) is 6.19 Å². The van der Waals surface area contributed by atoms with Crippen molar-refractivity contribution >= 4 is 27.7 Å². The minimum Gasteiger partial charge on any atom is -0.351 e. The average Bonchev–Trinajstić information content (AvgIpc) is 3.28. The third kappa shape index (κ3) is 6.55. The van der Waals surface area contributed by atoms with E-state index in [2.05, 4.69) is 10.3 Å². The van der Waals surface area contributed by atoms with Crippen LogP contribution >= 0.6 is 10.2 Å². The summed E-state index contributed by atoms with van der Waals surface area (Å²) in [6, 6.07) is -0.452. The van der Waals surface area contributed by atoms with Crippen LogP contribution in [-0.4, -0.2) is 45.7 Å². The summed E-state index contributed by atoms with van der Waals surface area (Å²) in [6.45, 7) is 1.52. The van der Waals surface area contributed by atoms with E-state index >= 15 is 0 Å². The molecule has 1 aromatic carbocycles. The highest BCUT2D eigenvalue weighted by molar-refractivity contribution is 8.45. The van der Waals surface area contributed by atoms with E-state index in [0.29, 0.717) is 23.5 Å². The van der Waals surface area contributed by atoms with E-state index in [1.165, 1.54) is 6.92 Å². The van der Waals surface area contributed by atoms with Gasteiger partial charge in [-0.15, -0.1) is 0 Å². The molecule has 4 rings (SSSR count). The maximum absolute atomic E-state index is 14.3. The zero-order valence-electron chi connectivity index (χ0n) is 22.2. The molecule has 16 heteroatoms. The first kappa shape index (κ1) is 31.3. The summed E-state index contributed by atoms with van der Waals surface area (Å²) in [5.41, 5.74) is -2.28. The molecular formula is C26H27F8N5O2S. The molecule has 230 valence electrons. The molecule has 2 unspecified atom stereocenters. The Morgan fingerprint density at radius 3 is 2.26 bits per heavy atom. The number of pyridine rings is 1. The van der Waals surface area contributed by atoms with Gasteiger partial charge in [-0.05, 0) is 62.9 Å². The molecule has 2 heterocycles. The number of nitrogens with one attached hydrogen (secondary N) is 1. The number of benzene rings is 1. The van der Waals surface area contributed by atoms with E-state index in [0.717, 1.165) is 23.4 Å². The van der Waals surface area contributed by atoms with Crippen LogP contribution in [0.25, 0.3) is 0 Å². The molecule has 0 spiro atoms. The van der Waals surface area contributed by atoms with Crippen molar-refractivity contribution in [3.8, 4) is 6.19 Å². The number of alkyl halides is 2. The Kier molecular flexibility index (Phi) is 7.45. The zero-order chi connectivity index (χ0) is 31.2. The Hall–Kier alpha value is -3.61. The normalized spacial score (nSPS) is 23.3. The van der Waals surface area contributed by atoms with Gasteiger partial charge in [0.2, 0.25) is 11.8 Å². The van der Waals surface area contributed by atoms with Crippen LogP contribution in [0.15, 0.2) is 47.6 Å². The molecule has 0 radical (unpaired) electrons. The van der Waals surface area contributed by atoms with Crippen molar-refractivity contribution in [1.29, 1.82) is 5.26 Å². The summed E-state index contributed by atoms with van der Waals surface area (Å²) in [7, 11) is -10.1. The number of likely N-dealkylation sites (tertiary alicyclic amines) is 1. The van der Waals surface area contributed by atoms with Gasteiger partial charge in [-0.3, -0.25) is 24.4 Å². The number of nitriles is 1. The molecule has 2 fully saturated rings. The Morgan fingerprint density at radius 2 is 1.71 bits per heavy atom. The van der Waals surface area contributed by atoms with Crippen LogP contribution < -0.4 is 10.2 Å². The lowest BCUT2D eigenvalue weighted by molar-refractivity contribution is -0.131. The number of carbonyl (C=O) groups excluding carboxylic acids is 2. The lowest BCUT2D eigenvalue weighted by atomic mass is 9.91. The summed E-state index contributed by atoms with van der Waals surface area (Å²) in [4.78, 5) is 31.3. The van der Waals surface area contributed by atoms with Gasteiger partial charge in [0.1, 0.15) is 22.3 Å². The van der Waals surface area contributed by atoms with Gasteiger partial charge in [0.25, 0.3) is 5.91 Å². The molecule has 7 nitrogen and oxygen atoms in total. The SMILES string of the molecule is CC1(C(=O)N(c2ccc(S(F)(F)(F)(F)F)cc2)C(C(=O)NC2CCC(F)(F)CC2)c2cncc(F)c2)CCCN1C#N. The van der Waals surface area contributed by atoms with Crippen molar-refractivity contribution in [2.75, 3.05) is 11.4 Å². The van der Waals surface area contributed by atoms with Crippen molar-refractivity contribution < 1.29 is 42.2 Å². The zero-order valence-corrected chi connectivity index (χ0v) is 23.0. The van der Waals surface area contributed by atoms with Gasteiger partial charge in [-0.1, -0.05) is 19.4 Å². The highest BCUT2D eigenvalue weighted by Gasteiger charge is 2.65. The minimum atomic E-state index is -10.1. The topological polar surface area (TPSA) is 89.3 Å². The summed E-state index contributed by atoms with van der Waals surface area (Å²) >= 11 is 0. The summed E-state index contributed by atoms with van der Waals surface area (Å²) in [5, 5.41) is 12.2. The second-order valence-corrected chi connectivity index (χ2v) is 13.2. The number of nitrogens with zero attached hydrogens (tertiary/aromatic N) is 4. The smallest absolute Gasteiger partial charge is 0.310 e. The van der Waals surface area contributed by atoms with E-state index in [1.54, 1.807) is 0 Å². The van der Waals surface area contributed by atoms with Crippen molar-refractivity contribution in [2.24, 2.45) is 0 Å². The standard InChI is InChI=1S/C26H27F8N5O2S/c1-25(9-2-12-38(25)16-35)24(41)39(20-3-5-21(6-4-20)42(30,31,32,33)34)22(17-13-18(27)15-36-14-17)23(40)37-19-7-10-26(28,29)11-8-19/h3-6,13-15,19,22H,2,7-12H2,1H3,(H,37,40). The van der Waals surface area contributed by atoms with Crippen molar-refractivity contribution in [3.63, 3.8) is 0 Å². The predicted octanol–water partition coefficient (Wildman–Crippen LogP) is 6.98. The first-order valence-electron chi connectivity index (χ1n) is 12.9. The highest BCUT2D eigenvalue weighted by atomic mass is 32.5. The fourth-order valence-electron chi connectivity index (χ4n) is 5.31. The molecule has 1 aliphatic heterocycles. The van der Waals surface area contributed by atoms with Crippen LogP contribution in [-0.2, 0) is 9.59 Å². The Bertz CT molecular complexity index is 1410. The second-order valence-electron chi connectivity index (χ2n) is 10.7. The van der Waals surface area contributed by atoms with Crippen LogP contribution in [0.1, 0.15) is 57.1 Å². The van der Waals surface area contributed by atoms with Gasteiger partial charge in [0.15, 0.2) is 6.19 Å². The van der Waals surface area contributed by atoms with Crippen LogP contribution in [0.5, 0.6) is 0 Å². The first-order valence-corrected chi connectivity index (χ1v) is 14.8.